The standard InChI is InChI=1S/C22H21F3N8O6S3/c23-22(24,25)18(36)29-20-27-11(6-40-20)13(31-39-10-3-1-2-4-10)15(34)28-14-16(35)33-7-21(19(37)38,9-42-17(14)33)8-41-12-5-26-32-30-12/h1,3,5-6,10,14,17H,2,4,7-9H2,(H,28,34)(H,37,38)(H,26,30,32)(H,27,29,36)/t10?,14?,17-,21?/m1/s1. The Morgan fingerprint density at radius 1 is 1.36 bits per heavy atom. The van der Waals surface area contributed by atoms with Crippen LogP contribution >= 0.6 is 34.9 Å². The number of nitrogens with zero attached hydrogens (tertiary/aromatic N) is 5. The number of carbonyl (C=O) groups is 4. The molecule has 5 rings (SSSR count). The number of aromatic amines is 1. The average molecular weight is 647 g/mol. The fourth-order valence-corrected chi connectivity index (χ4v) is 7.55. The molecule has 2 fully saturated rings. The number of aromatic nitrogens is 4. The number of fused-ring (bicyclic) bond motifs is 1. The van der Waals surface area contributed by atoms with E-state index in [-0.39, 0.29) is 23.7 Å². The van der Waals surface area contributed by atoms with E-state index in [0.717, 1.165) is 6.42 Å². The van der Waals surface area contributed by atoms with Gasteiger partial charge in [0.15, 0.2) is 10.8 Å². The summed E-state index contributed by atoms with van der Waals surface area (Å²) in [4.78, 5) is 60.5. The van der Waals surface area contributed by atoms with Gasteiger partial charge >= 0.3 is 18.1 Å². The number of carboxylic acid groups (broad SMARTS) is 1. The number of oxime groups is 1. The van der Waals surface area contributed by atoms with Crippen molar-refractivity contribution < 1.29 is 42.3 Å². The van der Waals surface area contributed by atoms with Crippen molar-refractivity contribution in [3.05, 3.63) is 29.4 Å². The summed E-state index contributed by atoms with van der Waals surface area (Å²) in [7, 11) is 0. The lowest BCUT2D eigenvalue weighted by Crippen LogP contribution is -2.74. The number of thioether (sulfide) groups is 2. The Morgan fingerprint density at radius 2 is 2.17 bits per heavy atom. The number of thiazole rings is 1. The van der Waals surface area contributed by atoms with Gasteiger partial charge < -0.3 is 20.2 Å². The Labute approximate surface area is 246 Å². The van der Waals surface area contributed by atoms with Crippen LogP contribution in [0, 0.1) is 5.41 Å². The number of alkyl halides is 3. The number of hydrogen-bond acceptors (Lipinski definition) is 12. The lowest BCUT2D eigenvalue weighted by atomic mass is 9.89. The van der Waals surface area contributed by atoms with Crippen LogP contribution in [-0.4, -0.2) is 102 Å². The van der Waals surface area contributed by atoms with Crippen molar-refractivity contribution in [3.8, 4) is 0 Å². The third-order valence-corrected chi connectivity index (χ3v) is 10.0. The number of anilines is 1. The van der Waals surface area contributed by atoms with E-state index in [2.05, 4.69) is 30.9 Å². The summed E-state index contributed by atoms with van der Waals surface area (Å²) in [6.07, 6.45) is 0.795. The molecule has 224 valence electrons. The third kappa shape index (κ3) is 6.24. The minimum atomic E-state index is -5.14. The minimum absolute atomic E-state index is 0.0772. The Bertz CT molecular complexity index is 1430. The lowest BCUT2D eigenvalue weighted by Gasteiger charge is -2.53. The zero-order valence-electron chi connectivity index (χ0n) is 21.2. The highest BCUT2D eigenvalue weighted by molar-refractivity contribution is 8.00. The molecule has 0 radical (unpaired) electrons. The van der Waals surface area contributed by atoms with Gasteiger partial charge in [0, 0.05) is 23.4 Å². The highest BCUT2D eigenvalue weighted by Crippen LogP contribution is 2.44. The van der Waals surface area contributed by atoms with Crippen LogP contribution in [0.25, 0.3) is 0 Å². The smallest absolute Gasteiger partial charge is 0.471 e. The number of β-lactam (4-membered cyclic amide) rings is 1. The number of carbonyl (C=O) groups excluding carboxylic acids is 3. The molecule has 42 heavy (non-hydrogen) atoms. The summed E-state index contributed by atoms with van der Waals surface area (Å²) in [5, 5.41) is 28.8. The van der Waals surface area contributed by atoms with E-state index in [1.165, 1.54) is 40.0 Å². The average Bonchev–Trinajstić information content (AvgIpc) is 3.74. The van der Waals surface area contributed by atoms with Crippen molar-refractivity contribution in [2.24, 2.45) is 10.6 Å². The number of amides is 3. The maximum absolute atomic E-state index is 13.3. The van der Waals surface area contributed by atoms with Gasteiger partial charge in [0.1, 0.15) is 33.7 Å². The zero-order chi connectivity index (χ0) is 30.1. The molecule has 3 amide bonds. The van der Waals surface area contributed by atoms with Gasteiger partial charge in [0.25, 0.3) is 5.91 Å². The number of nitrogens with one attached hydrogen (secondary N) is 3. The Kier molecular flexibility index (Phi) is 8.46. The van der Waals surface area contributed by atoms with Gasteiger partial charge in [-0.3, -0.25) is 29.6 Å². The van der Waals surface area contributed by atoms with Crippen molar-refractivity contribution in [1.29, 1.82) is 0 Å². The summed E-state index contributed by atoms with van der Waals surface area (Å²) < 4.78 is 38.0. The summed E-state index contributed by atoms with van der Waals surface area (Å²) >= 11 is 3.06. The number of hydrogen-bond donors (Lipinski definition) is 4. The van der Waals surface area contributed by atoms with Crippen LogP contribution in [0.1, 0.15) is 18.5 Å². The zero-order valence-corrected chi connectivity index (χ0v) is 23.6. The van der Waals surface area contributed by atoms with Crippen LogP contribution < -0.4 is 10.6 Å². The third-order valence-electron chi connectivity index (χ3n) is 6.47. The maximum atomic E-state index is 13.3. The predicted octanol–water partition coefficient (Wildman–Crippen LogP) is 1.46. The largest absolute Gasteiger partial charge is 0.481 e. The first-order valence-corrected chi connectivity index (χ1v) is 15.1. The first-order chi connectivity index (χ1) is 20.0. The molecule has 0 bridgehead atoms. The second-order valence-electron chi connectivity index (χ2n) is 9.39. The molecule has 4 N–H and O–H groups in total. The van der Waals surface area contributed by atoms with E-state index in [9.17, 15) is 37.5 Å². The van der Waals surface area contributed by atoms with Crippen molar-refractivity contribution in [1.82, 2.24) is 30.6 Å². The first kappa shape index (κ1) is 29.8. The molecule has 14 nitrogen and oxygen atoms in total. The van der Waals surface area contributed by atoms with E-state index in [0.29, 0.717) is 22.8 Å². The second kappa shape index (κ2) is 11.9. The molecule has 20 heteroatoms. The minimum Gasteiger partial charge on any atom is -0.481 e. The fraction of sp³-hybridized carbons (Fsp3) is 0.455. The van der Waals surface area contributed by atoms with E-state index in [1.54, 1.807) is 11.4 Å². The van der Waals surface area contributed by atoms with Crippen molar-refractivity contribution in [2.45, 2.75) is 41.6 Å². The molecule has 3 unspecified atom stereocenters. The van der Waals surface area contributed by atoms with Crippen LogP contribution in [0.3, 0.4) is 0 Å². The van der Waals surface area contributed by atoms with Gasteiger partial charge in [0.05, 0.1) is 6.20 Å². The van der Waals surface area contributed by atoms with Gasteiger partial charge in [-0.25, -0.2) is 4.98 Å². The molecule has 4 heterocycles. The summed E-state index contributed by atoms with van der Waals surface area (Å²) in [6.45, 7) is -0.0772. The molecule has 2 aromatic heterocycles. The first-order valence-electron chi connectivity index (χ1n) is 12.2. The van der Waals surface area contributed by atoms with Crippen LogP contribution in [-0.2, 0) is 24.0 Å². The molecule has 0 spiro atoms. The number of aliphatic carboxylic acids is 1. The monoisotopic (exact) mass is 646 g/mol. The molecule has 0 aromatic carbocycles. The quantitative estimate of drug-likeness (QED) is 0.0961. The number of allylic oxidation sites excluding steroid dienone is 1. The van der Waals surface area contributed by atoms with Gasteiger partial charge in [-0.2, -0.15) is 13.2 Å². The van der Waals surface area contributed by atoms with Gasteiger partial charge in [-0.1, -0.05) is 16.4 Å². The fourth-order valence-electron chi connectivity index (χ4n) is 4.21. The van der Waals surface area contributed by atoms with E-state index in [1.807, 2.05) is 6.08 Å². The van der Waals surface area contributed by atoms with Crippen LogP contribution in [0.2, 0.25) is 0 Å². The van der Waals surface area contributed by atoms with Crippen LogP contribution in [0.15, 0.2) is 33.9 Å². The van der Waals surface area contributed by atoms with Crippen molar-refractivity contribution >= 4 is 69.4 Å². The van der Waals surface area contributed by atoms with Crippen LogP contribution in [0.4, 0.5) is 18.3 Å². The van der Waals surface area contributed by atoms with Gasteiger partial charge in [-0.15, -0.1) is 40.0 Å². The second-order valence-corrected chi connectivity index (χ2v) is 12.4. The molecule has 4 atom stereocenters. The van der Waals surface area contributed by atoms with Crippen molar-refractivity contribution in [2.75, 3.05) is 23.4 Å². The lowest BCUT2D eigenvalue weighted by molar-refractivity contribution is -0.167. The summed E-state index contributed by atoms with van der Waals surface area (Å²) in [5.74, 6) is -4.39. The topological polar surface area (TPSA) is 192 Å². The molecular weight excluding hydrogens is 625 g/mol. The molecule has 0 saturated carbocycles. The van der Waals surface area contributed by atoms with Crippen molar-refractivity contribution in [3.63, 3.8) is 0 Å². The number of halogens is 3. The Morgan fingerprint density at radius 3 is 2.83 bits per heavy atom. The summed E-state index contributed by atoms with van der Waals surface area (Å²) in [6, 6.07) is -1.02. The molecular formula is C22H21F3N8O6S3. The number of rotatable bonds is 10. The highest BCUT2D eigenvalue weighted by atomic mass is 32.2. The van der Waals surface area contributed by atoms with E-state index in [4.69, 9.17) is 4.84 Å². The molecule has 2 aliphatic heterocycles. The predicted molar refractivity (Wildman–Crippen MR) is 144 cm³/mol. The normalized spacial score (nSPS) is 25.5. The Hall–Kier alpha value is -3.65. The van der Waals surface area contributed by atoms with E-state index < -0.39 is 63.6 Å². The number of H-pyrrole nitrogens is 1. The summed E-state index contributed by atoms with van der Waals surface area (Å²) in [5.41, 5.74) is -1.84. The maximum Gasteiger partial charge on any atom is 0.471 e. The molecule has 1 aliphatic carbocycles. The van der Waals surface area contributed by atoms with Crippen LogP contribution in [0.5, 0.6) is 0 Å². The van der Waals surface area contributed by atoms with E-state index >= 15 is 0 Å². The van der Waals surface area contributed by atoms with Gasteiger partial charge in [0.2, 0.25) is 5.91 Å². The molecule has 2 aromatic rings. The number of carboxylic acids is 1. The Balaban J connectivity index is 1.28. The van der Waals surface area contributed by atoms with Gasteiger partial charge in [-0.05, 0) is 18.9 Å². The SMILES string of the molecule is O=C(NC1C(=O)N2CC(CSc3cnn[nH]3)(C(=O)O)CS[C@H]12)C(=NOC1C=CCC1)c1csc(NC(=O)C(F)(F)F)n1. The highest BCUT2D eigenvalue weighted by Gasteiger charge is 2.57. The molecule has 2 saturated heterocycles. The molecule has 3 aliphatic rings.